The molecule has 0 aliphatic heterocycles. The van der Waals surface area contributed by atoms with E-state index in [1.54, 1.807) is 0 Å². The lowest BCUT2D eigenvalue weighted by molar-refractivity contribution is -0.123. The van der Waals surface area contributed by atoms with Gasteiger partial charge in [-0.3, -0.25) is 4.79 Å². The topological polar surface area (TPSA) is 121 Å². The van der Waals surface area contributed by atoms with Gasteiger partial charge in [-0.2, -0.15) is 5.10 Å². The molecular weight excluding hydrogens is 360 g/mol. The molecule has 0 unspecified atom stereocenters. The summed E-state index contributed by atoms with van der Waals surface area (Å²) in [6.07, 6.45) is 1.08. The maximum Gasteiger partial charge on any atom is 0.277 e. The van der Waals surface area contributed by atoms with Crippen LogP contribution in [0.5, 0.6) is 5.75 Å². The molecule has 0 saturated carbocycles. The van der Waals surface area contributed by atoms with Crippen molar-refractivity contribution in [3.8, 4) is 5.75 Å². The normalized spacial score (nSPS) is 11.9. The first-order chi connectivity index (χ1) is 12.2. The molecule has 26 heavy (non-hydrogen) atoms. The molecule has 2 aromatic rings. The molecule has 2 rings (SSSR count). The number of furan rings is 1. The zero-order chi connectivity index (χ0) is 19.3. The van der Waals surface area contributed by atoms with Crippen LogP contribution in [0, 0.1) is 6.92 Å². The summed E-state index contributed by atoms with van der Waals surface area (Å²) in [6.45, 7) is 5.75. The number of hydrazone groups is 1. The Morgan fingerprint density at radius 2 is 2.08 bits per heavy atom. The van der Waals surface area contributed by atoms with Crippen LogP contribution in [0.3, 0.4) is 0 Å². The van der Waals surface area contributed by atoms with Gasteiger partial charge in [0.2, 0.25) is 5.09 Å². The lowest BCUT2D eigenvalue weighted by Crippen LogP contribution is -2.24. The Labute approximate surface area is 151 Å². The Kier molecular flexibility index (Phi) is 6.17. The number of benzene rings is 1. The molecule has 1 amide bonds. The minimum Gasteiger partial charge on any atom is -0.742 e. The second-order valence-corrected chi connectivity index (χ2v) is 7.20. The minimum atomic E-state index is -4.66. The van der Waals surface area contributed by atoms with E-state index < -0.39 is 21.1 Å². The molecule has 8 nitrogen and oxygen atoms in total. The van der Waals surface area contributed by atoms with E-state index in [0.29, 0.717) is 5.75 Å². The summed E-state index contributed by atoms with van der Waals surface area (Å²) < 4.78 is 42.6. The lowest BCUT2D eigenvalue weighted by Gasteiger charge is -2.14. The van der Waals surface area contributed by atoms with Crippen LogP contribution < -0.4 is 10.2 Å². The van der Waals surface area contributed by atoms with E-state index >= 15 is 0 Å². The van der Waals surface area contributed by atoms with E-state index in [4.69, 9.17) is 9.15 Å². The molecule has 9 heteroatoms. The van der Waals surface area contributed by atoms with Gasteiger partial charge in [0, 0.05) is 0 Å². The first-order valence-electron chi connectivity index (χ1n) is 7.78. The highest BCUT2D eigenvalue weighted by molar-refractivity contribution is 7.85. The molecule has 0 aliphatic carbocycles. The van der Waals surface area contributed by atoms with Crippen molar-refractivity contribution < 1.29 is 26.9 Å². The zero-order valence-corrected chi connectivity index (χ0v) is 15.4. The molecule has 140 valence electrons. The van der Waals surface area contributed by atoms with Crippen molar-refractivity contribution in [1.29, 1.82) is 0 Å². The minimum absolute atomic E-state index is 0.0152. The second-order valence-electron chi connectivity index (χ2n) is 5.89. The number of ether oxygens (including phenoxy) is 1. The van der Waals surface area contributed by atoms with Crippen molar-refractivity contribution in [2.45, 2.75) is 31.8 Å². The van der Waals surface area contributed by atoms with Crippen LogP contribution in [0.15, 0.2) is 44.9 Å². The molecule has 0 saturated heterocycles. The molecule has 1 aromatic carbocycles. The van der Waals surface area contributed by atoms with Crippen LogP contribution in [0.1, 0.15) is 36.7 Å². The van der Waals surface area contributed by atoms with Gasteiger partial charge in [-0.25, -0.2) is 13.8 Å². The van der Waals surface area contributed by atoms with Crippen molar-refractivity contribution in [3.63, 3.8) is 0 Å². The third-order valence-corrected chi connectivity index (χ3v) is 4.09. The molecule has 1 aromatic heterocycles. The highest BCUT2D eigenvalue weighted by atomic mass is 32.2. The summed E-state index contributed by atoms with van der Waals surface area (Å²) >= 11 is 0. The molecule has 0 radical (unpaired) electrons. The Bertz CT molecular complexity index is 915. The maximum absolute atomic E-state index is 11.8. The van der Waals surface area contributed by atoms with Gasteiger partial charge in [-0.15, -0.1) is 0 Å². The summed E-state index contributed by atoms with van der Waals surface area (Å²) in [5, 5.41) is 2.92. The van der Waals surface area contributed by atoms with Crippen LogP contribution in [-0.4, -0.2) is 31.7 Å². The van der Waals surface area contributed by atoms with Crippen LogP contribution >= 0.6 is 0 Å². The number of hydrogen-bond acceptors (Lipinski definition) is 7. The Morgan fingerprint density at radius 3 is 2.69 bits per heavy atom. The molecule has 1 heterocycles. The van der Waals surface area contributed by atoms with Gasteiger partial charge in [0.15, 0.2) is 16.7 Å². The van der Waals surface area contributed by atoms with Crippen molar-refractivity contribution in [2.24, 2.45) is 5.10 Å². The van der Waals surface area contributed by atoms with Crippen molar-refractivity contribution in [2.75, 3.05) is 6.61 Å². The van der Waals surface area contributed by atoms with Crippen molar-refractivity contribution in [3.05, 3.63) is 47.2 Å². The molecule has 0 aliphatic rings. The highest BCUT2D eigenvalue weighted by Crippen LogP contribution is 2.27. The predicted octanol–water partition coefficient (Wildman–Crippen LogP) is 2.14. The number of nitrogens with one attached hydrogen (secondary N) is 1. The van der Waals surface area contributed by atoms with Gasteiger partial charge in [-0.1, -0.05) is 26.0 Å². The molecule has 0 fully saturated rings. The number of aryl methyl sites for hydroxylation is 1. The van der Waals surface area contributed by atoms with Gasteiger partial charge >= 0.3 is 0 Å². The fourth-order valence-corrected chi connectivity index (χ4v) is 2.56. The number of amides is 1. The Hall–Kier alpha value is -2.65. The first-order valence-corrected chi connectivity index (χ1v) is 9.18. The van der Waals surface area contributed by atoms with Crippen LogP contribution in [-0.2, 0) is 14.9 Å². The van der Waals surface area contributed by atoms with Gasteiger partial charge in [-0.05, 0) is 42.2 Å². The molecule has 1 N–H and O–H groups in total. The molecular formula is C17H19N2O6S-. The largest absolute Gasteiger partial charge is 0.742 e. The average Bonchev–Trinajstić information content (AvgIpc) is 3.02. The Morgan fingerprint density at radius 1 is 1.35 bits per heavy atom. The second kappa shape index (κ2) is 8.15. The molecule has 0 bridgehead atoms. The predicted molar refractivity (Wildman–Crippen MR) is 93.2 cm³/mol. The smallest absolute Gasteiger partial charge is 0.277 e. The van der Waals surface area contributed by atoms with E-state index in [2.05, 4.69) is 10.5 Å². The number of carbonyl (C=O) groups is 1. The third-order valence-electron chi connectivity index (χ3n) is 3.38. The van der Waals surface area contributed by atoms with Gasteiger partial charge in [0.1, 0.15) is 11.5 Å². The summed E-state index contributed by atoms with van der Waals surface area (Å²) in [4.78, 5) is 11.8. The standard InChI is InChI=1S/C17H20N2O6S/c1-11(2)14-6-4-12(3)8-15(14)24-10-16(20)19-18-9-13-5-7-17(25-13)26(21,22)23/h4-9,11H,10H2,1-3H3,(H,19,20)(H,21,22,23)/p-1. The van der Waals surface area contributed by atoms with E-state index in [1.807, 2.05) is 39.0 Å². The monoisotopic (exact) mass is 379 g/mol. The number of hydrogen-bond donors (Lipinski definition) is 1. The maximum atomic E-state index is 11.8. The quantitative estimate of drug-likeness (QED) is 0.447. The highest BCUT2D eigenvalue weighted by Gasteiger charge is 2.10. The number of rotatable bonds is 7. The Balaban J connectivity index is 1.92. The van der Waals surface area contributed by atoms with Gasteiger partial charge < -0.3 is 13.7 Å². The molecule has 0 atom stereocenters. The summed E-state index contributed by atoms with van der Waals surface area (Å²) in [5.41, 5.74) is 4.24. The van der Waals surface area contributed by atoms with E-state index in [1.165, 1.54) is 6.07 Å². The zero-order valence-electron chi connectivity index (χ0n) is 14.6. The van der Waals surface area contributed by atoms with Crippen molar-refractivity contribution >= 4 is 22.2 Å². The molecule has 0 spiro atoms. The van der Waals surface area contributed by atoms with Crippen LogP contribution in [0.25, 0.3) is 0 Å². The third kappa shape index (κ3) is 5.43. The lowest BCUT2D eigenvalue weighted by atomic mass is 10.0. The fraction of sp³-hybridized carbons (Fsp3) is 0.294. The average molecular weight is 379 g/mol. The van der Waals surface area contributed by atoms with Crippen LogP contribution in [0.4, 0.5) is 0 Å². The number of carbonyl (C=O) groups excluding carboxylic acids is 1. The summed E-state index contributed by atoms with van der Waals surface area (Å²) in [6, 6.07) is 8.06. The van der Waals surface area contributed by atoms with Gasteiger partial charge in [0.05, 0.1) is 6.21 Å². The summed E-state index contributed by atoms with van der Waals surface area (Å²) in [5.74, 6) is 0.398. The fourth-order valence-electron chi connectivity index (χ4n) is 2.13. The van der Waals surface area contributed by atoms with Crippen LogP contribution in [0.2, 0.25) is 0 Å². The first kappa shape index (κ1) is 19.7. The van der Waals surface area contributed by atoms with E-state index in [-0.39, 0.29) is 18.3 Å². The summed E-state index contributed by atoms with van der Waals surface area (Å²) in [7, 11) is -4.66. The SMILES string of the molecule is Cc1ccc(C(C)C)c(OCC(=O)NN=Cc2ccc(S(=O)(=O)[O-])o2)c1. The van der Waals surface area contributed by atoms with E-state index in [0.717, 1.165) is 23.4 Å². The van der Waals surface area contributed by atoms with E-state index in [9.17, 15) is 17.8 Å². The van der Waals surface area contributed by atoms with Gasteiger partial charge in [0.25, 0.3) is 5.91 Å². The van der Waals surface area contributed by atoms with Crippen molar-refractivity contribution in [1.82, 2.24) is 5.43 Å². The number of nitrogens with zero attached hydrogens (tertiary/aromatic N) is 1.